The number of carbonyl (C=O) groups is 1. The van der Waals surface area contributed by atoms with Gasteiger partial charge in [-0.05, 0) is 24.8 Å². The minimum absolute atomic E-state index is 0.0369. The topological polar surface area (TPSA) is 74.8 Å². The van der Waals surface area contributed by atoms with Crippen molar-refractivity contribution in [1.82, 2.24) is 15.3 Å². The largest absolute Gasteiger partial charge is 0.351 e. The number of nitrogens with zero attached hydrogens (tertiary/aromatic N) is 1. The highest BCUT2D eigenvalue weighted by atomic mass is 32.1. The summed E-state index contributed by atoms with van der Waals surface area (Å²) >= 11 is 1.51. The molecule has 88 valence electrons. The predicted molar refractivity (Wildman–Crippen MR) is 65.1 cm³/mol. The van der Waals surface area contributed by atoms with Gasteiger partial charge in [-0.25, -0.2) is 4.98 Å². The van der Waals surface area contributed by atoms with Gasteiger partial charge in [0.1, 0.15) is 4.83 Å². The van der Waals surface area contributed by atoms with E-state index in [0.29, 0.717) is 5.39 Å². The van der Waals surface area contributed by atoms with E-state index in [9.17, 15) is 9.59 Å². The molecule has 2 N–H and O–H groups in total. The Hall–Kier alpha value is -1.69. The van der Waals surface area contributed by atoms with Gasteiger partial charge >= 0.3 is 0 Å². The molecule has 0 saturated heterocycles. The second kappa shape index (κ2) is 3.96. The lowest BCUT2D eigenvalue weighted by Gasteiger charge is -2.21. The van der Waals surface area contributed by atoms with E-state index in [1.165, 1.54) is 17.7 Å². The second-order valence-electron chi connectivity index (χ2n) is 4.09. The zero-order valence-corrected chi connectivity index (χ0v) is 9.84. The molecule has 3 rings (SSSR count). The smallest absolute Gasteiger partial charge is 0.259 e. The fraction of sp³-hybridized carbons (Fsp3) is 0.364. The third kappa shape index (κ3) is 1.56. The minimum atomic E-state index is -0.0840. The summed E-state index contributed by atoms with van der Waals surface area (Å²) in [5, 5.41) is 3.51. The van der Waals surface area contributed by atoms with Crippen LogP contribution in [0.3, 0.4) is 0 Å². The fourth-order valence-electron chi connectivity index (χ4n) is 2.40. The van der Waals surface area contributed by atoms with Gasteiger partial charge in [-0.1, -0.05) is 0 Å². The maximum atomic E-state index is 11.8. The third-order valence-corrected chi connectivity index (χ3v) is 4.38. The summed E-state index contributed by atoms with van der Waals surface area (Å²) in [5.74, 6) is 0. The molecule has 0 aromatic carbocycles. The molecule has 0 aliphatic heterocycles. The SMILES string of the molecule is O=CN[C@@H]1CCCc2c1sc1nc[nH]c(=O)c21. The number of nitrogens with one attached hydrogen (secondary N) is 2. The first-order chi connectivity index (χ1) is 8.31. The molecule has 1 aliphatic rings. The van der Waals surface area contributed by atoms with Crippen molar-refractivity contribution in [3.05, 3.63) is 27.1 Å². The van der Waals surface area contributed by atoms with Crippen LogP contribution >= 0.6 is 11.3 Å². The van der Waals surface area contributed by atoms with Crippen molar-refractivity contribution in [1.29, 1.82) is 0 Å². The Balaban J connectivity index is 2.25. The summed E-state index contributed by atoms with van der Waals surface area (Å²) in [6.45, 7) is 0. The standard InChI is InChI=1S/C11H11N3O2S/c15-5-14-7-3-1-2-6-8-10(16)12-4-13-11(8)17-9(6)7/h4-5,7H,1-3H2,(H,14,15)(H,12,13,16)/t7-/m1/s1. The molecule has 2 aromatic rings. The van der Waals surface area contributed by atoms with Crippen molar-refractivity contribution in [2.45, 2.75) is 25.3 Å². The second-order valence-corrected chi connectivity index (χ2v) is 5.12. The number of carbonyl (C=O) groups excluding carboxylic acids is 1. The molecule has 0 bridgehead atoms. The van der Waals surface area contributed by atoms with Gasteiger partial charge in [0.05, 0.1) is 17.8 Å². The van der Waals surface area contributed by atoms with Crippen LogP contribution in [0.1, 0.15) is 29.3 Å². The molecule has 1 atom stereocenters. The van der Waals surface area contributed by atoms with E-state index in [-0.39, 0.29) is 11.6 Å². The summed E-state index contributed by atoms with van der Waals surface area (Å²) in [5.41, 5.74) is 0.976. The zero-order valence-electron chi connectivity index (χ0n) is 9.03. The highest BCUT2D eigenvalue weighted by molar-refractivity contribution is 7.18. The molecule has 2 aromatic heterocycles. The zero-order chi connectivity index (χ0) is 11.8. The number of rotatable bonds is 2. The van der Waals surface area contributed by atoms with Crippen LogP contribution in [0.15, 0.2) is 11.1 Å². The first-order valence-electron chi connectivity index (χ1n) is 5.50. The Morgan fingerprint density at radius 1 is 1.59 bits per heavy atom. The monoisotopic (exact) mass is 249 g/mol. The average Bonchev–Trinajstić information content (AvgIpc) is 2.70. The number of hydrogen-bond donors (Lipinski definition) is 2. The van der Waals surface area contributed by atoms with Crippen molar-refractivity contribution in [2.75, 3.05) is 0 Å². The van der Waals surface area contributed by atoms with Gasteiger partial charge in [-0.15, -0.1) is 11.3 Å². The van der Waals surface area contributed by atoms with E-state index < -0.39 is 0 Å². The molecule has 5 nitrogen and oxygen atoms in total. The number of fused-ring (bicyclic) bond motifs is 3. The number of H-pyrrole nitrogens is 1. The number of aromatic amines is 1. The number of thiophene rings is 1. The van der Waals surface area contributed by atoms with Crippen LogP contribution < -0.4 is 10.9 Å². The Labute approximate surface area is 101 Å². The molecule has 0 saturated carbocycles. The molecule has 2 heterocycles. The lowest BCUT2D eigenvalue weighted by atomic mass is 9.93. The van der Waals surface area contributed by atoms with E-state index in [1.807, 2.05) is 0 Å². The fourth-order valence-corrected chi connectivity index (χ4v) is 3.69. The van der Waals surface area contributed by atoms with Crippen LogP contribution in [0.4, 0.5) is 0 Å². The van der Waals surface area contributed by atoms with E-state index in [2.05, 4.69) is 15.3 Å². The quantitative estimate of drug-likeness (QED) is 0.783. The van der Waals surface area contributed by atoms with Gasteiger partial charge in [0.25, 0.3) is 5.56 Å². The summed E-state index contributed by atoms with van der Waals surface area (Å²) < 4.78 is 0. The van der Waals surface area contributed by atoms with Gasteiger partial charge < -0.3 is 10.3 Å². The number of hydrogen-bond acceptors (Lipinski definition) is 4. The lowest BCUT2D eigenvalue weighted by molar-refractivity contribution is -0.110. The molecule has 1 aliphatic carbocycles. The van der Waals surface area contributed by atoms with E-state index in [1.54, 1.807) is 0 Å². The van der Waals surface area contributed by atoms with Crippen LogP contribution in [0, 0.1) is 0 Å². The summed E-state index contributed by atoms with van der Waals surface area (Å²) in [6.07, 6.45) is 4.95. The normalized spacial score (nSPS) is 18.9. The number of aryl methyl sites for hydroxylation is 1. The van der Waals surface area contributed by atoms with E-state index in [4.69, 9.17) is 0 Å². The van der Waals surface area contributed by atoms with Gasteiger partial charge in [0.15, 0.2) is 0 Å². The first kappa shape index (κ1) is 10.5. The van der Waals surface area contributed by atoms with E-state index in [0.717, 1.165) is 40.9 Å². The number of aromatic nitrogens is 2. The van der Waals surface area contributed by atoms with E-state index >= 15 is 0 Å². The van der Waals surface area contributed by atoms with Gasteiger partial charge in [0, 0.05) is 4.88 Å². The van der Waals surface area contributed by atoms with Gasteiger partial charge in [0.2, 0.25) is 6.41 Å². The Kier molecular flexibility index (Phi) is 2.44. The number of amides is 1. The highest BCUT2D eigenvalue weighted by Gasteiger charge is 2.25. The lowest BCUT2D eigenvalue weighted by Crippen LogP contribution is -2.22. The van der Waals surface area contributed by atoms with Gasteiger partial charge in [-0.2, -0.15) is 0 Å². The molecular formula is C11H11N3O2S. The van der Waals surface area contributed by atoms with Crippen molar-refractivity contribution in [3.63, 3.8) is 0 Å². The Morgan fingerprint density at radius 3 is 3.29 bits per heavy atom. The van der Waals surface area contributed by atoms with Crippen LogP contribution in [-0.2, 0) is 11.2 Å². The third-order valence-electron chi connectivity index (χ3n) is 3.13. The van der Waals surface area contributed by atoms with Crippen molar-refractivity contribution in [2.24, 2.45) is 0 Å². The summed E-state index contributed by atoms with van der Waals surface area (Å²) in [6, 6.07) is 0.0369. The van der Waals surface area contributed by atoms with Crippen LogP contribution in [0.25, 0.3) is 10.2 Å². The van der Waals surface area contributed by atoms with Crippen LogP contribution in [0.5, 0.6) is 0 Å². The average molecular weight is 249 g/mol. The molecule has 0 spiro atoms. The molecular weight excluding hydrogens is 238 g/mol. The molecule has 6 heteroatoms. The summed E-state index contributed by atoms with van der Waals surface area (Å²) in [4.78, 5) is 31.0. The first-order valence-corrected chi connectivity index (χ1v) is 6.31. The predicted octanol–water partition coefficient (Wildman–Crippen LogP) is 1.11. The van der Waals surface area contributed by atoms with Crippen LogP contribution in [-0.4, -0.2) is 16.4 Å². The van der Waals surface area contributed by atoms with Crippen molar-refractivity contribution >= 4 is 28.0 Å². The van der Waals surface area contributed by atoms with Crippen molar-refractivity contribution < 1.29 is 4.79 Å². The molecule has 0 radical (unpaired) electrons. The Morgan fingerprint density at radius 2 is 2.47 bits per heavy atom. The molecule has 17 heavy (non-hydrogen) atoms. The summed E-state index contributed by atoms with van der Waals surface area (Å²) in [7, 11) is 0. The van der Waals surface area contributed by atoms with Crippen LogP contribution in [0.2, 0.25) is 0 Å². The maximum absolute atomic E-state index is 11.8. The van der Waals surface area contributed by atoms with Gasteiger partial charge in [-0.3, -0.25) is 9.59 Å². The molecule has 1 amide bonds. The minimum Gasteiger partial charge on any atom is -0.351 e. The molecule has 0 unspecified atom stereocenters. The maximum Gasteiger partial charge on any atom is 0.259 e. The Bertz CT molecular complexity index is 631. The molecule has 0 fully saturated rings. The van der Waals surface area contributed by atoms with Crippen molar-refractivity contribution in [3.8, 4) is 0 Å². The highest BCUT2D eigenvalue weighted by Crippen LogP contribution is 2.38.